The molecule has 0 N–H and O–H groups in total. The molecule has 172 valence electrons. The van der Waals surface area contributed by atoms with Gasteiger partial charge in [0.2, 0.25) is 0 Å². The van der Waals surface area contributed by atoms with Gasteiger partial charge < -0.3 is 4.74 Å². The third-order valence-electron chi connectivity index (χ3n) is 5.53. The van der Waals surface area contributed by atoms with Crippen LogP contribution in [0.3, 0.4) is 0 Å². The van der Waals surface area contributed by atoms with Gasteiger partial charge in [0.05, 0.1) is 19.3 Å². The third-order valence-corrected chi connectivity index (χ3v) is 9.12. The van der Waals surface area contributed by atoms with E-state index in [-0.39, 0.29) is 18.5 Å². The number of alkyl halides is 4. The number of thioether (sulfide) groups is 2. The van der Waals surface area contributed by atoms with E-state index in [2.05, 4.69) is 5.10 Å². The van der Waals surface area contributed by atoms with Gasteiger partial charge >= 0.3 is 6.18 Å². The number of ether oxygens (including phenoxy) is 1. The highest BCUT2D eigenvalue weighted by Crippen LogP contribution is 2.79. The van der Waals surface area contributed by atoms with Gasteiger partial charge in [0.1, 0.15) is 15.5 Å². The smallest absolute Gasteiger partial charge is 0.435 e. The van der Waals surface area contributed by atoms with Gasteiger partial charge in [-0.1, -0.05) is 39.8 Å². The summed E-state index contributed by atoms with van der Waals surface area (Å²) in [6, 6.07) is 7.10. The lowest BCUT2D eigenvalue weighted by Gasteiger charge is -2.25. The maximum Gasteiger partial charge on any atom is 0.435 e. The van der Waals surface area contributed by atoms with Crippen molar-refractivity contribution in [3.8, 4) is 5.75 Å². The summed E-state index contributed by atoms with van der Waals surface area (Å²) in [6.45, 7) is 8.17. The van der Waals surface area contributed by atoms with Gasteiger partial charge in [0, 0.05) is 23.0 Å². The van der Waals surface area contributed by atoms with Crippen molar-refractivity contribution in [1.29, 1.82) is 0 Å². The fourth-order valence-corrected chi connectivity index (χ4v) is 8.05. The minimum Gasteiger partial charge on any atom is -0.497 e. The maximum atomic E-state index is 15.4. The predicted molar refractivity (Wildman–Crippen MR) is 120 cm³/mol. The van der Waals surface area contributed by atoms with E-state index in [0.29, 0.717) is 11.4 Å². The van der Waals surface area contributed by atoms with Gasteiger partial charge in [-0.15, -0.1) is 23.5 Å². The Balaban J connectivity index is 0.000000645. The molecule has 0 bridgehead atoms. The Morgan fingerprint density at radius 1 is 1.10 bits per heavy atom. The maximum absolute atomic E-state index is 15.4. The van der Waals surface area contributed by atoms with Gasteiger partial charge in [-0.3, -0.25) is 4.68 Å². The molecule has 3 nitrogen and oxygen atoms in total. The van der Waals surface area contributed by atoms with Gasteiger partial charge in [-0.2, -0.15) is 18.3 Å². The highest BCUT2D eigenvalue weighted by molar-refractivity contribution is 8.20. The van der Waals surface area contributed by atoms with Crippen LogP contribution in [0.4, 0.5) is 17.6 Å². The fraction of sp³-hybridized carbons (Fsp3) is 0.591. The van der Waals surface area contributed by atoms with Crippen LogP contribution in [0.2, 0.25) is 0 Å². The molecule has 2 fully saturated rings. The van der Waals surface area contributed by atoms with Crippen LogP contribution < -0.4 is 4.74 Å². The van der Waals surface area contributed by atoms with E-state index in [1.165, 1.54) is 4.68 Å². The summed E-state index contributed by atoms with van der Waals surface area (Å²) < 4.78 is 62.3. The fourth-order valence-electron chi connectivity index (χ4n) is 4.31. The predicted octanol–water partition coefficient (Wildman–Crippen LogP) is 6.84. The van der Waals surface area contributed by atoms with E-state index < -0.39 is 27.5 Å². The van der Waals surface area contributed by atoms with Crippen LogP contribution in [0.15, 0.2) is 24.3 Å². The molecule has 1 aromatic carbocycles. The summed E-state index contributed by atoms with van der Waals surface area (Å²) in [5.74, 6) is 1.90. The second-order valence-corrected chi connectivity index (χ2v) is 10.00. The first-order valence-electron chi connectivity index (χ1n) is 10.6. The van der Waals surface area contributed by atoms with E-state index in [9.17, 15) is 13.2 Å². The lowest BCUT2D eigenvalue weighted by molar-refractivity contribution is -0.142. The number of benzene rings is 1. The number of hydrogen-bond donors (Lipinski definition) is 0. The molecule has 9 heteroatoms. The zero-order valence-corrected chi connectivity index (χ0v) is 20.0. The molecule has 2 atom stereocenters. The van der Waals surface area contributed by atoms with E-state index >= 15 is 4.39 Å². The first-order chi connectivity index (χ1) is 14.8. The molecule has 1 saturated heterocycles. The Morgan fingerprint density at radius 2 is 1.68 bits per heavy atom. The van der Waals surface area contributed by atoms with Gasteiger partial charge in [0.15, 0.2) is 5.69 Å². The molecule has 2 aliphatic carbocycles. The molecular formula is C22H28F4N2OS2. The summed E-state index contributed by atoms with van der Waals surface area (Å²) in [6.07, 6.45) is -4.50. The number of methoxy groups -OCH3 is 1. The summed E-state index contributed by atoms with van der Waals surface area (Å²) in [5, 5.41) is 3.88. The van der Waals surface area contributed by atoms with E-state index in [4.69, 9.17) is 4.74 Å². The molecule has 1 spiro atoms. The summed E-state index contributed by atoms with van der Waals surface area (Å²) in [4.78, 5) is 0. The molecule has 31 heavy (non-hydrogen) atoms. The Labute approximate surface area is 189 Å². The van der Waals surface area contributed by atoms with Crippen molar-refractivity contribution in [2.75, 3.05) is 18.6 Å². The SMILES string of the molecule is CC.CC.COc1ccc(Cn2nc(C(F)(F)F)c3c2C2(SCCS2)C2CC32F)cc1. The molecule has 5 rings (SSSR count). The van der Waals surface area contributed by atoms with Gasteiger partial charge in [-0.05, 0) is 24.1 Å². The van der Waals surface area contributed by atoms with E-state index in [1.54, 1.807) is 54.9 Å². The van der Waals surface area contributed by atoms with Gasteiger partial charge in [-0.25, -0.2) is 4.39 Å². The number of nitrogens with zero attached hydrogens (tertiary/aromatic N) is 2. The van der Waals surface area contributed by atoms with Crippen LogP contribution in [0, 0.1) is 5.92 Å². The Hall–Kier alpha value is -1.35. The van der Waals surface area contributed by atoms with Crippen molar-refractivity contribution in [1.82, 2.24) is 9.78 Å². The van der Waals surface area contributed by atoms with E-state index in [1.807, 2.05) is 27.7 Å². The van der Waals surface area contributed by atoms with Gasteiger partial charge in [0.25, 0.3) is 0 Å². The zero-order valence-electron chi connectivity index (χ0n) is 18.3. The number of halogens is 4. The van der Waals surface area contributed by atoms with Crippen molar-refractivity contribution >= 4 is 23.5 Å². The van der Waals surface area contributed by atoms with E-state index in [0.717, 1.165) is 17.1 Å². The quantitative estimate of drug-likeness (QED) is 0.453. The molecule has 3 aliphatic rings. The first kappa shape index (κ1) is 24.3. The number of hydrogen-bond acceptors (Lipinski definition) is 4. The molecule has 2 heterocycles. The zero-order chi connectivity index (χ0) is 23.0. The molecular weight excluding hydrogens is 448 g/mol. The summed E-state index contributed by atoms with van der Waals surface area (Å²) >= 11 is 3.15. The number of fused-ring (bicyclic) bond motifs is 5. The van der Waals surface area contributed by atoms with Crippen molar-refractivity contribution in [3.05, 3.63) is 46.8 Å². The highest BCUT2D eigenvalue weighted by Gasteiger charge is 2.77. The lowest BCUT2D eigenvalue weighted by atomic mass is 10.1. The summed E-state index contributed by atoms with van der Waals surface area (Å²) in [7, 11) is 1.55. The first-order valence-corrected chi connectivity index (χ1v) is 12.6. The van der Waals surface area contributed by atoms with Crippen LogP contribution in [0.1, 0.15) is 56.6 Å². The Bertz CT molecular complexity index is 907. The Kier molecular flexibility index (Phi) is 6.96. The molecule has 1 saturated carbocycles. The van der Waals surface area contributed by atoms with Crippen LogP contribution >= 0.6 is 23.5 Å². The largest absolute Gasteiger partial charge is 0.497 e. The summed E-state index contributed by atoms with van der Waals surface area (Å²) in [5.41, 5.74) is -1.93. The van der Waals surface area contributed by atoms with Crippen molar-refractivity contribution in [2.24, 2.45) is 5.92 Å². The third kappa shape index (κ3) is 3.86. The minimum absolute atomic E-state index is 0.164. The average Bonchev–Trinajstić information content (AvgIpc) is 3.10. The van der Waals surface area contributed by atoms with Crippen molar-refractivity contribution < 1.29 is 22.3 Å². The molecule has 2 unspecified atom stereocenters. The molecule has 0 radical (unpaired) electrons. The van der Waals surface area contributed by atoms with Crippen LogP contribution in [-0.2, 0) is 22.5 Å². The lowest BCUT2D eigenvalue weighted by Crippen LogP contribution is -2.21. The standard InChI is InChI=1S/C18H16F4N2OS2.2C2H6/c1-25-11-4-2-10(3-5-11)9-24-15-13(14(23-24)18(20,21)22)16(19)8-12(16)17(15)26-6-7-27-17;2*1-2/h2-5,12H,6-9H2,1H3;2*1-2H3. The van der Waals surface area contributed by atoms with Crippen LogP contribution in [0.25, 0.3) is 0 Å². The second kappa shape index (κ2) is 8.89. The molecule has 2 aromatic rings. The number of aromatic nitrogens is 2. The topological polar surface area (TPSA) is 27.1 Å². The van der Waals surface area contributed by atoms with Crippen LogP contribution in [0.5, 0.6) is 5.75 Å². The Morgan fingerprint density at radius 3 is 2.19 bits per heavy atom. The second-order valence-electron chi connectivity index (χ2n) is 7.06. The van der Waals surface area contributed by atoms with Crippen LogP contribution in [-0.4, -0.2) is 28.4 Å². The monoisotopic (exact) mass is 476 g/mol. The number of rotatable bonds is 3. The van der Waals surface area contributed by atoms with Crippen molar-refractivity contribution in [2.45, 2.75) is 56.6 Å². The normalized spacial score (nSPS) is 24.5. The molecule has 1 aromatic heterocycles. The highest BCUT2D eigenvalue weighted by atomic mass is 32.2. The molecule has 0 amide bonds. The average molecular weight is 477 g/mol. The van der Waals surface area contributed by atoms with Crippen molar-refractivity contribution in [3.63, 3.8) is 0 Å². The molecule has 1 aliphatic heterocycles. The minimum atomic E-state index is -4.67.